The Hall–Kier alpha value is -2.21. The number of rotatable bonds is 4. The van der Waals surface area contributed by atoms with Gasteiger partial charge >= 0.3 is 0 Å². The van der Waals surface area contributed by atoms with Gasteiger partial charge in [-0.2, -0.15) is 4.98 Å². The van der Waals surface area contributed by atoms with Crippen LogP contribution in [0.4, 0.5) is 10.2 Å². The van der Waals surface area contributed by atoms with Crippen LogP contribution >= 0.6 is 0 Å². The van der Waals surface area contributed by atoms with Crippen molar-refractivity contribution in [2.45, 2.75) is 25.5 Å². The number of β-amino-alcohol motifs (C(OH)–C–C–N with tert-alkyl or cyclic N) is 1. The fraction of sp³-hybridized carbons (Fsp3) is 0.375. The van der Waals surface area contributed by atoms with Crippen molar-refractivity contribution in [2.75, 3.05) is 18.1 Å². The highest BCUT2D eigenvalue weighted by Crippen LogP contribution is 2.35. The average molecular weight is 303 g/mol. The Labute approximate surface area is 128 Å². The molecule has 0 aliphatic carbocycles. The number of ether oxygens (including phenoxy) is 1. The summed E-state index contributed by atoms with van der Waals surface area (Å²) in [6.45, 7) is 2.86. The minimum atomic E-state index is -0.451. The van der Waals surface area contributed by atoms with Crippen LogP contribution in [0.25, 0.3) is 0 Å². The van der Waals surface area contributed by atoms with E-state index in [4.69, 9.17) is 4.74 Å². The van der Waals surface area contributed by atoms with Crippen molar-refractivity contribution in [3.8, 4) is 5.88 Å². The lowest BCUT2D eigenvalue weighted by atomic mass is 10.0. The van der Waals surface area contributed by atoms with Crippen LogP contribution in [-0.2, 0) is 0 Å². The standard InChI is InChI=1S/C16H18FN3O2/c1-2-22-16-9-18-8-15(19-16)20-10-13(21)7-14(20)11-3-5-12(17)6-4-11/h3-6,8-9,13-14,21H,2,7,10H2,1H3/t13-,14-/m1/s1. The summed E-state index contributed by atoms with van der Waals surface area (Å²) in [6.07, 6.45) is 3.34. The number of aliphatic hydroxyl groups excluding tert-OH is 1. The van der Waals surface area contributed by atoms with E-state index in [-0.39, 0.29) is 11.9 Å². The highest BCUT2D eigenvalue weighted by atomic mass is 19.1. The zero-order chi connectivity index (χ0) is 15.5. The van der Waals surface area contributed by atoms with Gasteiger partial charge in [-0.25, -0.2) is 4.39 Å². The van der Waals surface area contributed by atoms with Crippen LogP contribution < -0.4 is 9.64 Å². The molecule has 1 aromatic carbocycles. The highest BCUT2D eigenvalue weighted by molar-refractivity contribution is 5.44. The molecule has 2 atom stereocenters. The molecule has 116 valence electrons. The average Bonchev–Trinajstić information content (AvgIpc) is 2.91. The molecule has 2 aromatic rings. The maximum Gasteiger partial charge on any atom is 0.234 e. The Morgan fingerprint density at radius 1 is 1.32 bits per heavy atom. The van der Waals surface area contributed by atoms with Gasteiger partial charge in [0.25, 0.3) is 0 Å². The van der Waals surface area contributed by atoms with E-state index in [9.17, 15) is 9.50 Å². The number of benzene rings is 1. The molecule has 0 radical (unpaired) electrons. The lowest BCUT2D eigenvalue weighted by molar-refractivity contribution is 0.194. The van der Waals surface area contributed by atoms with Crippen molar-refractivity contribution in [1.29, 1.82) is 0 Å². The van der Waals surface area contributed by atoms with Gasteiger partial charge in [0.1, 0.15) is 5.82 Å². The number of aliphatic hydroxyl groups is 1. The van der Waals surface area contributed by atoms with Gasteiger partial charge in [-0.15, -0.1) is 0 Å². The molecule has 0 amide bonds. The van der Waals surface area contributed by atoms with Gasteiger partial charge in [-0.05, 0) is 31.0 Å². The van der Waals surface area contributed by atoms with Crippen molar-refractivity contribution in [3.05, 3.63) is 48.0 Å². The zero-order valence-electron chi connectivity index (χ0n) is 12.3. The SMILES string of the molecule is CCOc1cncc(N2C[C@H](O)C[C@@H]2c2ccc(F)cc2)n1. The first-order valence-electron chi connectivity index (χ1n) is 7.32. The van der Waals surface area contributed by atoms with E-state index in [1.54, 1.807) is 24.5 Å². The fourth-order valence-corrected chi connectivity index (χ4v) is 2.76. The van der Waals surface area contributed by atoms with E-state index in [1.807, 2.05) is 11.8 Å². The summed E-state index contributed by atoms with van der Waals surface area (Å²) in [5.74, 6) is 0.836. The van der Waals surface area contributed by atoms with Gasteiger partial charge < -0.3 is 14.7 Å². The molecule has 1 aliphatic heterocycles. The molecule has 1 aromatic heterocycles. The number of hydrogen-bond donors (Lipinski definition) is 1. The third kappa shape index (κ3) is 3.01. The molecular formula is C16H18FN3O2. The van der Waals surface area contributed by atoms with Gasteiger partial charge in [-0.3, -0.25) is 4.98 Å². The molecule has 5 nitrogen and oxygen atoms in total. The highest BCUT2D eigenvalue weighted by Gasteiger charge is 2.33. The Bertz CT molecular complexity index is 636. The molecule has 1 fully saturated rings. The predicted molar refractivity (Wildman–Crippen MR) is 80.3 cm³/mol. The van der Waals surface area contributed by atoms with Crippen LogP contribution in [0.2, 0.25) is 0 Å². The molecule has 2 heterocycles. The second kappa shape index (κ2) is 6.27. The Morgan fingerprint density at radius 2 is 2.09 bits per heavy atom. The van der Waals surface area contributed by atoms with Gasteiger partial charge in [0, 0.05) is 6.54 Å². The monoisotopic (exact) mass is 303 g/mol. The lowest BCUT2D eigenvalue weighted by Crippen LogP contribution is -2.25. The smallest absolute Gasteiger partial charge is 0.234 e. The first kappa shape index (κ1) is 14.7. The largest absolute Gasteiger partial charge is 0.477 e. The molecule has 22 heavy (non-hydrogen) atoms. The second-order valence-electron chi connectivity index (χ2n) is 5.26. The van der Waals surface area contributed by atoms with Crippen LogP contribution in [0.1, 0.15) is 24.9 Å². The number of hydrogen-bond acceptors (Lipinski definition) is 5. The number of aromatic nitrogens is 2. The van der Waals surface area contributed by atoms with E-state index < -0.39 is 6.10 Å². The zero-order valence-corrected chi connectivity index (χ0v) is 12.3. The second-order valence-corrected chi connectivity index (χ2v) is 5.26. The van der Waals surface area contributed by atoms with Crippen molar-refractivity contribution < 1.29 is 14.2 Å². The minimum absolute atomic E-state index is 0.0539. The van der Waals surface area contributed by atoms with E-state index >= 15 is 0 Å². The summed E-state index contributed by atoms with van der Waals surface area (Å²) >= 11 is 0. The van der Waals surface area contributed by atoms with E-state index in [1.165, 1.54) is 12.1 Å². The molecule has 0 unspecified atom stereocenters. The number of anilines is 1. The lowest BCUT2D eigenvalue weighted by Gasteiger charge is -2.25. The minimum Gasteiger partial charge on any atom is -0.477 e. The van der Waals surface area contributed by atoms with Gasteiger partial charge in [0.05, 0.1) is 31.1 Å². The van der Waals surface area contributed by atoms with Crippen LogP contribution in [0.15, 0.2) is 36.7 Å². The summed E-state index contributed by atoms with van der Waals surface area (Å²) in [5.41, 5.74) is 0.946. The topological polar surface area (TPSA) is 58.5 Å². The molecule has 1 N–H and O–H groups in total. The fourth-order valence-electron chi connectivity index (χ4n) is 2.76. The number of nitrogens with zero attached hydrogens (tertiary/aromatic N) is 3. The summed E-state index contributed by atoms with van der Waals surface area (Å²) in [5, 5.41) is 10.0. The molecule has 0 spiro atoms. The van der Waals surface area contributed by atoms with Gasteiger partial charge in [-0.1, -0.05) is 12.1 Å². The maximum absolute atomic E-state index is 13.1. The van der Waals surface area contributed by atoms with Crippen LogP contribution in [0, 0.1) is 5.82 Å². The Kier molecular flexibility index (Phi) is 4.20. The number of halogens is 1. The molecule has 0 bridgehead atoms. The maximum atomic E-state index is 13.1. The molecule has 0 saturated carbocycles. The quantitative estimate of drug-likeness (QED) is 0.939. The molecule has 1 aliphatic rings. The van der Waals surface area contributed by atoms with Gasteiger partial charge in [0.2, 0.25) is 5.88 Å². The summed E-state index contributed by atoms with van der Waals surface area (Å²) < 4.78 is 18.5. The third-order valence-corrected chi connectivity index (χ3v) is 3.72. The molecular weight excluding hydrogens is 285 g/mol. The van der Waals surface area contributed by atoms with Crippen molar-refractivity contribution >= 4 is 5.82 Å². The van der Waals surface area contributed by atoms with Crippen molar-refractivity contribution in [1.82, 2.24) is 9.97 Å². The van der Waals surface area contributed by atoms with Crippen LogP contribution in [0.5, 0.6) is 5.88 Å². The molecule has 6 heteroatoms. The van der Waals surface area contributed by atoms with Crippen LogP contribution in [-0.4, -0.2) is 34.3 Å². The van der Waals surface area contributed by atoms with Crippen molar-refractivity contribution in [2.24, 2.45) is 0 Å². The summed E-state index contributed by atoms with van der Waals surface area (Å²) in [6, 6.07) is 6.29. The normalized spacial score (nSPS) is 21.1. The van der Waals surface area contributed by atoms with E-state index in [0.717, 1.165) is 5.56 Å². The molecule has 1 saturated heterocycles. The first-order chi connectivity index (χ1) is 10.7. The van der Waals surface area contributed by atoms with E-state index in [0.29, 0.717) is 31.3 Å². The van der Waals surface area contributed by atoms with Gasteiger partial charge in [0.15, 0.2) is 5.82 Å². The summed E-state index contributed by atoms with van der Waals surface area (Å²) in [7, 11) is 0. The van der Waals surface area contributed by atoms with Crippen molar-refractivity contribution in [3.63, 3.8) is 0 Å². The Balaban J connectivity index is 1.90. The van der Waals surface area contributed by atoms with E-state index in [2.05, 4.69) is 9.97 Å². The summed E-state index contributed by atoms with van der Waals surface area (Å²) in [4.78, 5) is 10.6. The first-order valence-corrected chi connectivity index (χ1v) is 7.32. The van der Waals surface area contributed by atoms with Crippen LogP contribution in [0.3, 0.4) is 0 Å². The Morgan fingerprint density at radius 3 is 2.82 bits per heavy atom. The predicted octanol–water partition coefficient (Wildman–Crippen LogP) is 2.33. The molecule has 3 rings (SSSR count). The third-order valence-electron chi connectivity index (χ3n) is 3.72.